The van der Waals surface area contributed by atoms with Crippen molar-refractivity contribution in [2.24, 2.45) is 0 Å². The van der Waals surface area contributed by atoms with Crippen LogP contribution in [0.1, 0.15) is 59.6 Å². The van der Waals surface area contributed by atoms with Gasteiger partial charge in [-0.05, 0) is 103 Å². The van der Waals surface area contributed by atoms with Gasteiger partial charge in [-0.25, -0.2) is 4.89 Å². The average molecular weight is 578 g/mol. The van der Waals surface area contributed by atoms with Crippen molar-refractivity contribution in [2.75, 3.05) is 39.6 Å². The van der Waals surface area contributed by atoms with E-state index in [9.17, 15) is 8.42 Å². The molecule has 0 radical (unpaired) electrons. The van der Waals surface area contributed by atoms with Gasteiger partial charge in [0, 0.05) is 6.54 Å². The zero-order chi connectivity index (χ0) is 28.8. The van der Waals surface area contributed by atoms with Gasteiger partial charge < -0.3 is 9.47 Å². The number of hydrogen-bond donors (Lipinski definition) is 0. The van der Waals surface area contributed by atoms with E-state index in [1.807, 2.05) is 48.5 Å². The lowest BCUT2D eigenvalue weighted by atomic mass is 9.78. The minimum absolute atomic E-state index is 0.619. The lowest BCUT2D eigenvalue weighted by molar-refractivity contribution is -0.225. The van der Waals surface area contributed by atoms with Gasteiger partial charge in [0.05, 0.1) is 13.4 Å². The van der Waals surface area contributed by atoms with E-state index in [0.717, 1.165) is 89.2 Å². The monoisotopic (exact) mass is 577 g/mol. The standard InChI is InChI=1S/C33H39NO6S/c1-24-8-7-9-26(22-24)30-16-12-27-23-29(37-2)15-17-31(27)32(30)33(39-40-41(3,35)36)25-10-13-28(14-11-25)38-21-20-34-18-5-4-6-19-34/h7-11,13-15,17,22-23,33H,4-6,12,16,18-21H2,1-3H3. The van der Waals surface area contributed by atoms with Crippen LogP contribution in [0.5, 0.6) is 11.5 Å². The summed E-state index contributed by atoms with van der Waals surface area (Å²) in [4.78, 5) is 8.25. The highest BCUT2D eigenvalue weighted by Gasteiger charge is 2.31. The summed E-state index contributed by atoms with van der Waals surface area (Å²) < 4.78 is 40.7. The number of benzene rings is 3. The van der Waals surface area contributed by atoms with Gasteiger partial charge in [-0.3, -0.25) is 4.90 Å². The fourth-order valence-electron chi connectivity index (χ4n) is 5.75. The summed E-state index contributed by atoms with van der Waals surface area (Å²) in [5.74, 6) is 1.54. The molecule has 2 aliphatic rings. The van der Waals surface area contributed by atoms with Crippen LogP contribution >= 0.6 is 0 Å². The van der Waals surface area contributed by atoms with Crippen LogP contribution in [0.3, 0.4) is 0 Å². The van der Waals surface area contributed by atoms with Crippen molar-refractivity contribution < 1.29 is 27.1 Å². The van der Waals surface area contributed by atoms with Gasteiger partial charge in [-0.1, -0.05) is 54.4 Å². The number of allylic oxidation sites excluding steroid dienone is 1. The highest BCUT2D eigenvalue weighted by molar-refractivity contribution is 7.85. The first-order chi connectivity index (χ1) is 19.8. The van der Waals surface area contributed by atoms with Gasteiger partial charge in [-0.2, -0.15) is 8.42 Å². The highest BCUT2D eigenvalue weighted by atomic mass is 32.2. The first kappa shape index (κ1) is 29.3. The number of rotatable bonds is 11. The van der Waals surface area contributed by atoms with Crippen LogP contribution in [0.15, 0.2) is 66.7 Å². The summed E-state index contributed by atoms with van der Waals surface area (Å²) in [6.07, 6.45) is 5.58. The molecule has 3 aromatic rings. The molecule has 1 unspecified atom stereocenters. The van der Waals surface area contributed by atoms with Crippen LogP contribution in [0, 0.1) is 6.92 Å². The smallest absolute Gasteiger partial charge is 0.290 e. The molecule has 5 rings (SSSR count). The van der Waals surface area contributed by atoms with Crippen molar-refractivity contribution in [3.63, 3.8) is 0 Å². The first-order valence-corrected chi connectivity index (χ1v) is 16.1. The summed E-state index contributed by atoms with van der Waals surface area (Å²) in [5.41, 5.74) is 7.05. The second-order valence-electron chi connectivity index (χ2n) is 10.9. The fourth-order valence-corrected chi connectivity index (χ4v) is 5.97. The topological polar surface area (TPSA) is 74.3 Å². The van der Waals surface area contributed by atoms with Crippen molar-refractivity contribution in [1.82, 2.24) is 4.90 Å². The molecule has 41 heavy (non-hydrogen) atoms. The van der Waals surface area contributed by atoms with Gasteiger partial charge in [-0.15, -0.1) is 4.33 Å². The molecule has 1 saturated heterocycles. The van der Waals surface area contributed by atoms with Crippen molar-refractivity contribution in [1.29, 1.82) is 0 Å². The molecule has 3 aromatic carbocycles. The number of ether oxygens (including phenoxy) is 2. The van der Waals surface area contributed by atoms with E-state index in [0.29, 0.717) is 6.61 Å². The third-order valence-electron chi connectivity index (χ3n) is 7.77. The Labute approximate surface area is 243 Å². The van der Waals surface area contributed by atoms with Crippen LogP contribution in [-0.4, -0.2) is 52.9 Å². The summed E-state index contributed by atoms with van der Waals surface area (Å²) in [7, 11) is -2.21. The third-order valence-corrected chi connectivity index (χ3v) is 8.09. The average Bonchev–Trinajstić information content (AvgIpc) is 2.97. The summed E-state index contributed by atoms with van der Waals surface area (Å²) in [5, 5.41) is 0. The molecular formula is C33H39NO6S. The number of fused-ring (bicyclic) bond motifs is 1. The van der Waals surface area contributed by atoms with E-state index in [1.54, 1.807) is 7.11 Å². The van der Waals surface area contributed by atoms with Crippen molar-refractivity contribution in [2.45, 2.75) is 45.1 Å². The molecule has 0 N–H and O–H groups in total. The van der Waals surface area contributed by atoms with Gasteiger partial charge in [0.2, 0.25) is 0 Å². The number of hydrogen-bond acceptors (Lipinski definition) is 7. The SMILES string of the molecule is COc1ccc2c(c1)CCC(c1cccc(C)c1)=C2C(OOS(C)(=O)=O)c1ccc(OCCN2CCCCC2)cc1. The normalized spacial score (nSPS) is 16.8. The van der Waals surface area contributed by atoms with E-state index in [4.69, 9.17) is 18.7 Å². The minimum Gasteiger partial charge on any atom is -0.497 e. The quantitative estimate of drug-likeness (QED) is 0.194. The zero-order valence-corrected chi connectivity index (χ0v) is 24.9. The Morgan fingerprint density at radius 3 is 2.37 bits per heavy atom. The Bertz CT molecular complexity index is 1480. The Morgan fingerprint density at radius 1 is 0.902 bits per heavy atom. The van der Waals surface area contributed by atoms with E-state index >= 15 is 0 Å². The maximum absolute atomic E-state index is 12.1. The van der Waals surface area contributed by atoms with Crippen molar-refractivity contribution in [3.05, 3.63) is 94.5 Å². The van der Waals surface area contributed by atoms with Gasteiger partial charge >= 0.3 is 0 Å². The Morgan fingerprint density at radius 2 is 1.66 bits per heavy atom. The molecule has 0 aromatic heterocycles. The van der Waals surface area contributed by atoms with Crippen LogP contribution in [0.25, 0.3) is 11.1 Å². The molecule has 0 saturated carbocycles. The maximum Gasteiger partial charge on any atom is 0.290 e. The molecule has 0 spiro atoms. The number of piperidine rings is 1. The molecule has 1 fully saturated rings. The molecule has 0 amide bonds. The molecule has 7 nitrogen and oxygen atoms in total. The lowest BCUT2D eigenvalue weighted by Gasteiger charge is -2.29. The zero-order valence-electron chi connectivity index (χ0n) is 24.1. The van der Waals surface area contributed by atoms with Gasteiger partial charge in [0.25, 0.3) is 10.1 Å². The predicted octanol–water partition coefficient (Wildman–Crippen LogP) is 6.37. The minimum atomic E-state index is -3.87. The Kier molecular flexibility index (Phi) is 9.45. The number of methoxy groups -OCH3 is 1. The van der Waals surface area contributed by atoms with Gasteiger partial charge in [0.1, 0.15) is 24.2 Å². The second kappa shape index (κ2) is 13.2. The van der Waals surface area contributed by atoms with Crippen LogP contribution in [-0.2, 0) is 25.8 Å². The van der Waals surface area contributed by atoms with E-state index in [1.165, 1.54) is 19.3 Å². The Balaban J connectivity index is 1.51. The highest BCUT2D eigenvalue weighted by Crippen LogP contribution is 2.46. The molecule has 1 aliphatic carbocycles. The molecular weight excluding hydrogens is 538 g/mol. The van der Waals surface area contributed by atoms with Crippen LogP contribution in [0.4, 0.5) is 0 Å². The van der Waals surface area contributed by atoms with E-state index in [-0.39, 0.29) is 0 Å². The van der Waals surface area contributed by atoms with E-state index < -0.39 is 16.2 Å². The molecule has 1 atom stereocenters. The molecule has 8 heteroatoms. The second-order valence-corrected chi connectivity index (χ2v) is 12.4. The van der Waals surface area contributed by atoms with Crippen molar-refractivity contribution >= 4 is 21.3 Å². The molecule has 1 aliphatic heterocycles. The summed E-state index contributed by atoms with van der Waals surface area (Å²) in [6.45, 7) is 5.86. The molecule has 0 bridgehead atoms. The van der Waals surface area contributed by atoms with Crippen molar-refractivity contribution in [3.8, 4) is 11.5 Å². The fraction of sp³-hybridized carbons (Fsp3) is 0.394. The largest absolute Gasteiger partial charge is 0.497 e. The van der Waals surface area contributed by atoms with Crippen LogP contribution in [0.2, 0.25) is 0 Å². The lowest BCUT2D eigenvalue weighted by Crippen LogP contribution is -2.33. The first-order valence-electron chi connectivity index (χ1n) is 14.3. The number of likely N-dealkylation sites (tertiary alicyclic amines) is 1. The van der Waals surface area contributed by atoms with Gasteiger partial charge in [0.15, 0.2) is 0 Å². The molecule has 1 heterocycles. The van der Waals surface area contributed by atoms with E-state index in [2.05, 4.69) is 30.0 Å². The summed E-state index contributed by atoms with van der Waals surface area (Å²) in [6, 6.07) is 22.0. The Hall–Kier alpha value is -3.17. The third kappa shape index (κ3) is 7.57. The number of nitrogens with zero attached hydrogens (tertiary/aromatic N) is 1. The predicted molar refractivity (Wildman–Crippen MR) is 161 cm³/mol. The number of aryl methyl sites for hydroxylation is 2. The van der Waals surface area contributed by atoms with Crippen LogP contribution < -0.4 is 9.47 Å². The molecule has 218 valence electrons. The summed E-state index contributed by atoms with van der Waals surface area (Å²) >= 11 is 0. The maximum atomic E-state index is 12.1.